The normalized spacial score (nSPS) is 15.7. The maximum Gasteiger partial charge on any atom is 0.228 e. The molecule has 1 heterocycles. The topological polar surface area (TPSA) is 47.6 Å². The Balaban J connectivity index is 2.05. The first-order chi connectivity index (χ1) is 10.5. The number of hydrogen-bond acceptors (Lipinski definition) is 4. The van der Waals surface area contributed by atoms with E-state index in [0.717, 1.165) is 37.6 Å². The smallest absolute Gasteiger partial charge is 0.228 e. The number of benzene rings is 1. The minimum Gasteiger partial charge on any atom is -0.367 e. The van der Waals surface area contributed by atoms with Crippen molar-refractivity contribution in [2.24, 2.45) is 5.92 Å². The van der Waals surface area contributed by atoms with Gasteiger partial charge in [0, 0.05) is 32.1 Å². The molecule has 0 atom stereocenters. The minimum atomic E-state index is -0.0902. The van der Waals surface area contributed by atoms with Crippen molar-refractivity contribution in [1.82, 2.24) is 10.2 Å². The molecule has 1 aliphatic heterocycles. The van der Waals surface area contributed by atoms with Gasteiger partial charge in [-0.2, -0.15) is 0 Å². The Morgan fingerprint density at radius 2 is 1.82 bits per heavy atom. The Morgan fingerprint density at radius 1 is 1.18 bits per heavy atom. The van der Waals surface area contributed by atoms with Crippen molar-refractivity contribution in [2.75, 3.05) is 43.4 Å². The van der Waals surface area contributed by atoms with Crippen LogP contribution in [0.3, 0.4) is 0 Å². The van der Waals surface area contributed by atoms with Crippen LogP contribution < -0.4 is 15.5 Å². The fraction of sp³-hybridized carbons (Fsp3) is 0.500. The molecule has 2 N–H and O–H groups in total. The molecule has 1 amide bonds. The van der Waals surface area contributed by atoms with Gasteiger partial charge in [-0.15, -0.1) is 0 Å². The van der Waals surface area contributed by atoms with E-state index >= 15 is 0 Å². The summed E-state index contributed by atoms with van der Waals surface area (Å²) in [6.45, 7) is 7.75. The summed E-state index contributed by atoms with van der Waals surface area (Å²) in [4.78, 5) is 16.4. The number of nitrogens with zero attached hydrogens (tertiary/aromatic N) is 2. The second-order valence-corrected chi connectivity index (χ2v) is 6.31. The van der Waals surface area contributed by atoms with Crippen molar-refractivity contribution < 1.29 is 4.79 Å². The molecule has 1 aromatic rings. The first kappa shape index (κ1) is 16.7. The molecular weight excluding hydrogens is 296 g/mol. The van der Waals surface area contributed by atoms with Gasteiger partial charge in [-0.25, -0.2) is 0 Å². The largest absolute Gasteiger partial charge is 0.367 e. The van der Waals surface area contributed by atoms with Crippen molar-refractivity contribution in [3.63, 3.8) is 0 Å². The number of likely N-dealkylation sites (N-methyl/N-ethyl adjacent to an activating group) is 1. The SMILES string of the molecule is CC(C)C(=O)NC(=S)Nc1ccccc1N1CCN(C)CC1. The van der Waals surface area contributed by atoms with Crippen molar-refractivity contribution >= 4 is 34.6 Å². The number of amides is 1. The number of piperazine rings is 1. The lowest BCUT2D eigenvalue weighted by Crippen LogP contribution is -2.45. The van der Waals surface area contributed by atoms with E-state index in [2.05, 4.69) is 33.5 Å². The Morgan fingerprint density at radius 3 is 2.45 bits per heavy atom. The number of carbonyl (C=O) groups excluding carboxylic acids is 1. The zero-order valence-electron chi connectivity index (χ0n) is 13.4. The standard InChI is InChI=1S/C16H24N4OS/c1-12(2)15(21)18-16(22)17-13-6-4-5-7-14(13)20-10-8-19(3)9-11-20/h4-7,12H,8-11H2,1-3H3,(H2,17,18,21,22). The van der Waals surface area contributed by atoms with Gasteiger partial charge in [0.05, 0.1) is 11.4 Å². The molecule has 1 aromatic carbocycles. The van der Waals surface area contributed by atoms with E-state index in [-0.39, 0.29) is 11.8 Å². The summed E-state index contributed by atoms with van der Waals surface area (Å²) in [5, 5.41) is 6.22. The summed E-state index contributed by atoms with van der Waals surface area (Å²) < 4.78 is 0. The zero-order chi connectivity index (χ0) is 16.1. The van der Waals surface area contributed by atoms with E-state index in [4.69, 9.17) is 12.2 Å². The third-order valence-electron chi connectivity index (χ3n) is 3.76. The quantitative estimate of drug-likeness (QED) is 0.833. The van der Waals surface area contributed by atoms with Gasteiger partial charge in [-0.05, 0) is 31.4 Å². The number of nitrogens with one attached hydrogen (secondary N) is 2. The van der Waals surface area contributed by atoms with Crippen LogP contribution in [0.4, 0.5) is 11.4 Å². The zero-order valence-corrected chi connectivity index (χ0v) is 14.2. The lowest BCUT2D eigenvalue weighted by atomic mass is 10.2. The maximum atomic E-state index is 11.7. The average molecular weight is 320 g/mol. The second-order valence-electron chi connectivity index (χ2n) is 5.91. The highest BCUT2D eigenvalue weighted by Gasteiger charge is 2.17. The molecule has 1 saturated heterocycles. The van der Waals surface area contributed by atoms with E-state index < -0.39 is 0 Å². The highest BCUT2D eigenvalue weighted by molar-refractivity contribution is 7.80. The van der Waals surface area contributed by atoms with Gasteiger partial charge in [-0.1, -0.05) is 26.0 Å². The Hall–Kier alpha value is -1.66. The predicted octanol–water partition coefficient (Wildman–Crippen LogP) is 1.91. The molecule has 0 aliphatic carbocycles. The average Bonchev–Trinajstić information content (AvgIpc) is 2.48. The molecule has 2 rings (SSSR count). The molecule has 5 nitrogen and oxygen atoms in total. The molecule has 6 heteroatoms. The van der Waals surface area contributed by atoms with Crippen LogP contribution in [0.2, 0.25) is 0 Å². The van der Waals surface area contributed by atoms with Gasteiger partial charge in [0.25, 0.3) is 0 Å². The summed E-state index contributed by atoms with van der Waals surface area (Å²) in [7, 11) is 2.14. The van der Waals surface area contributed by atoms with Crippen molar-refractivity contribution in [2.45, 2.75) is 13.8 Å². The molecule has 0 unspecified atom stereocenters. The van der Waals surface area contributed by atoms with Gasteiger partial charge in [0.2, 0.25) is 5.91 Å². The van der Waals surface area contributed by atoms with Gasteiger partial charge in [0.1, 0.15) is 0 Å². The summed E-state index contributed by atoms with van der Waals surface area (Å²) >= 11 is 5.24. The van der Waals surface area contributed by atoms with Gasteiger partial charge >= 0.3 is 0 Å². The number of hydrogen-bond donors (Lipinski definition) is 2. The van der Waals surface area contributed by atoms with E-state index in [0.29, 0.717) is 5.11 Å². The van der Waals surface area contributed by atoms with Crippen LogP contribution in [0.15, 0.2) is 24.3 Å². The number of thiocarbonyl (C=S) groups is 1. The fourth-order valence-corrected chi connectivity index (χ4v) is 2.52. The predicted molar refractivity (Wildman–Crippen MR) is 95.4 cm³/mol. The molecule has 0 bridgehead atoms. The molecule has 120 valence electrons. The van der Waals surface area contributed by atoms with Crippen LogP contribution in [-0.4, -0.2) is 49.1 Å². The molecule has 22 heavy (non-hydrogen) atoms. The van der Waals surface area contributed by atoms with Crippen LogP contribution in [0, 0.1) is 5.92 Å². The lowest BCUT2D eigenvalue weighted by Gasteiger charge is -2.35. The van der Waals surface area contributed by atoms with Crippen LogP contribution >= 0.6 is 12.2 Å². The maximum absolute atomic E-state index is 11.7. The first-order valence-corrected chi connectivity index (χ1v) is 8.02. The fourth-order valence-electron chi connectivity index (χ4n) is 2.31. The molecule has 0 spiro atoms. The van der Waals surface area contributed by atoms with Crippen LogP contribution in [0.1, 0.15) is 13.8 Å². The summed E-state index contributed by atoms with van der Waals surface area (Å²) in [5.41, 5.74) is 2.05. The van der Waals surface area contributed by atoms with Crippen molar-refractivity contribution in [1.29, 1.82) is 0 Å². The third-order valence-corrected chi connectivity index (χ3v) is 3.96. The van der Waals surface area contributed by atoms with Crippen LogP contribution in [-0.2, 0) is 4.79 Å². The number of carbonyl (C=O) groups is 1. The van der Waals surface area contributed by atoms with Gasteiger partial charge in [0.15, 0.2) is 5.11 Å². The Labute approximate surface area is 137 Å². The molecular formula is C16H24N4OS. The number of rotatable bonds is 3. The van der Waals surface area contributed by atoms with Gasteiger partial charge < -0.3 is 20.4 Å². The Kier molecular flexibility index (Phi) is 5.74. The van der Waals surface area contributed by atoms with E-state index in [9.17, 15) is 4.79 Å². The molecule has 1 fully saturated rings. The van der Waals surface area contributed by atoms with Crippen LogP contribution in [0.25, 0.3) is 0 Å². The van der Waals surface area contributed by atoms with Crippen molar-refractivity contribution in [3.8, 4) is 0 Å². The monoisotopic (exact) mass is 320 g/mol. The van der Waals surface area contributed by atoms with Gasteiger partial charge in [-0.3, -0.25) is 4.79 Å². The lowest BCUT2D eigenvalue weighted by molar-refractivity contribution is -0.122. The highest BCUT2D eigenvalue weighted by Crippen LogP contribution is 2.26. The van der Waals surface area contributed by atoms with E-state index in [1.807, 2.05) is 32.0 Å². The van der Waals surface area contributed by atoms with E-state index in [1.54, 1.807) is 0 Å². The van der Waals surface area contributed by atoms with Crippen molar-refractivity contribution in [3.05, 3.63) is 24.3 Å². The summed E-state index contributed by atoms with van der Waals surface area (Å²) in [6.07, 6.45) is 0. The number of anilines is 2. The van der Waals surface area contributed by atoms with E-state index in [1.165, 1.54) is 0 Å². The summed E-state index contributed by atoms with van der Waals surface area (Å²) in [6, 6.07) is 8.06. The molecule has 1 aliphatic rings. The molecule has 0 saturated carbocycles. The third kappa shape index (κ3) is 4.42. The van der Waals surface area contributed by atoms with Crippen LogP contribution in [0.5, 0.6) is 0 Å². The number of para-hydroxylation sites is 2. The summed E-state index contributed by atoms with van der Waals surface area (Å²) in [5.74, 6) is -0.165. The second kappa shape index (κ2) is 7.56. The molecule has 0 radical (unpaired) electrons. The minimum absolute atomic E-state index is 0.0745. The molecule has 0 aromatic heterocycles. The Bertz CT molecular complexity index is 539. The first-order valence-electron chi connectivity index (χ1n) is 7.61. The highest BCUT2D eigenvalue weighted by atomic mass is 32.1.